The minimum Gasteiger partial charge on any atom is -0.455 e. The fourth-order valence-corrected chi connectivity index (χ4v) is 12.3. The molecule has 0 saturated carbocycles. The number of H-pyrrole nitrogens is 1. The Morgan fingerprint density at radius 3 is 2.60 bits per heavy atom. The highest BCUT2D eigenvalue weighted by molar-refractivity contribution is 7.90. The second kappa shape index (κ2) is 24.7. The molecule has 1 aliphatic carbocycles. The second-order valence-corrected chi connectivity index (χ2v) is 24.3. The molecule has 4 amide bonds. The van der Waals surface area contributed by atoms with Crippen molar-refractivity contribution in [3.05, 3.63) is 164 Å². The first kappa shape index (κ1) is 57.8. The quantitative estimate of drug-likeness (QED) is 0.0195. The summed E-state index contributed by atoms with van der Waals surface area (Å²) in [5.74, 6) is 4.50. The number of nitro benzene ring substituents is 1. The fraction of sp³-hybridized carbons (Fsp3) is 0.328. The van der Waals surface area contributed by atoms with Gasteiger partial charge in [0.2, 0.25) is 11.8 Å². The molecule has 0 radical (unpaired) electrons. The Morgan fingerprint density at radius 2 is 1.80 bits per heavy atom. The van der Waals surface area contributed by atoms with Crippen molar-refractivity contribution in [1.82, 2.24) is 44.8 Å². The van der Waals surface area contributed by atoms with Gasteiger partial charge in [-0.3, -0.25) is 39.5 Å². The number of halogens is 1. The number of benzene rings is 4. The van der Waals surface area contributed by atoms with Gasteiger partial charge in [-0.05, 0) is 108 Å². The van der Waals surface area contributed by atoms with E-state index < -0.39 is 43.4 Å². The van der Waals surface area contributed by atoms with E-state index in [1.165, 1.54) is 39.9 Å². The minimum atomic E-state index is -4.68. The second-order valence-electron chi connectivity index (χ2n) is 22.2. The van der Waals surface area contributed by atoms with Gasteiger partial charge < -0.3 is 29.6 Å². The van der Waals surface area contributed by atoms with Crippen LogP contribution in [0.3, 0.4) is 0 Å². The molecule has 2 saturated heterocycles. The molecule has 3 aliphatic heterocycles. The number of carbonyl (C=O) groups is 4. The number of rotatable bonds is 19. The number of aromatic nitrogens is 5. The number of pyridine rings is 1. The third-order valence-electron chi connectivity index (χ3n) is 15.7. The molecule has 4 aliphatic rings. The van der Waals surface area contributed by atoms with Crippen LogP contribution < -0.4 is 25.0 Å². The van der Waals surface area contributed by atoms with Gasteiger partial charge in [0.05, 0.1) is 54.1 Å². The molecule has 24 heteroatoms. The average molecular weight is 1190 g/mol. The van der Waals surface area contributed by atoms with Crippen molar-refractivity contribution >= 4 is 78.9 Å². The van der Waals surface area contributed by atoms with E-state index in [4.69, 9.17) is 21.1 Å². The summed E-state index contributed by atoms with van der Waals surface area (Å²) in [7, 11) is -4.68. The maximum atomic E-state index is 14.1. The Balaban J connectivity index is 0.694. The highest BCUT2D eigenvalue weighted by atomic mass is 35.5. The summed E-state index contributed by atoms with van der Waals surface area (Å²) >= 11 is 6.26. The molecule has 7 aromatic rings. The molecule has 22 nitrogen and oxygen atoms in total. The Labute approximate surface area is 495 Å². The number of sulfonamides is 1. The van der Waals surface area contributed by atoms with E-state index in [1.807, 2.05) is 24.3 Å². The molecule has 3 aromatic heterocycles. The number of nitrogens with one attached hydrogen (secondary N) is 4. The molecule has 1 unspecified atom stereocenters. The lowest BCUT2D eigenvalue weighted by Gasteiger charge is -2.39. The summed E-state index contributed by atoms with van der Waals surface area (Å²) in [6.07, 6.45) is 8.84. The number of aromatic amines is 1. The number of allylic oxidation sites excluding steroid dienone is 1. The van der Waals surface area contributed by atoms with Crippen LogP contribution in [0.25, 0.3) is 16.6 Å². The summed E-state index contributed by atoms with van der Waals surface area (Å²) in [6.45, 7) is 9.60. The number of fused-ring (bicyclic) bond motifs is 2. The molecule has 11 rings (SSSR count). The summed E-state index contributed by atoms with van der Waals surface area (Å²) < 4.78 is 43.6. The molecule has 0 bridgehead atoms. The first-order valence-corrected chi connectivity index (χ1v) is 29.8. The molecular formula is C61H61ClN12O10S. The van der Waals surface area contributed by atoms with Crippen LogP contribution >= 0.6 is 11.6 Å². The van der Waals surface area contributed by atoms with E-state index in [0.717, 1.165) is 67.7 Å². The van der Waals surface area contributed by atoms with Crippen LogP contribution in [-0.2, 0) is 44.0 Å². The number of anilines is 2. The number of nitro groups is 1. The van der Waals surface area contributed by atoms with Crippen molar-refractivity contribution in [3.8, 4) is 23.3 Å². The number of ether oxygens (including phenoxy) is 2. The van der Waals surface area contributed by atoms with Crippen LogP contribution in [0.1, 0.15) is 95.5 Å². The molecule has 6 heterocycles. The van der Waals surface area contributed by atoms with E-state index in [2.05, 4.69) is 83.3 Å². The average Bonchev–Trinajstić information content (AvgIpc) is 3.45. The maximum Gasteiger partial charge on any atom is 0.293 e. The zero-order chi connectivity index (χ0) is 59.4. The SMILES string of the molecule is CC1(C)CCC(CN2CCN(c3ccc(C(=O)NS(=O)(=O)c4ccc(NCc5cn(CCOCCC#Cc6cccc7c6CN(C6CCC(=O)NC6=O)C7=O)nn5)c([N+](=O)[O-])c4)c(Oc4cnc5[nH]ccc5c4)c3)CC2)=C(c2ccc(Cl)cc2)C1. The highest BCUT2D eigenvalue weighted by Gasteiger charge is 2.40. The number of amides is 4. The molecular weight excluding hydrogens is 1130 g/mol. The molecule has 1 atom stereocenters. The molecule has 0 spiro atoms. The van der Waals surface area contributed by atoms with Gasteiger partial charge >= 0.3 is 0 Å². The minimum absolute atomic E-state index is 0.00401. The van der Waals surface area contributed by atoms with Gasteiger partial charge in [0.15, 0.2) is 0 Å². The largest absolute Gasteiger partial charge is 0.455 e. The Hall–Kier alpha value is -8.95. The van der Waals surface area contributed by atoms with Crippen LogP contribution in [0, 0.1) is 27.4 Å². The zero-order valence-electron chi connectivity index (χ0n) is 46.7. The smallest absolute Gasteiger partial charge is 0.293 e. The summed E-state index contributed by atoms with van der Waals surface area (Å²) in [5.41, 5.74) is 7.34. The topological polar surface area (TPSA) is 269 Å². The van der Waals surface area contributed by atoms with E-state index in [0.29, 0.717) is 65.9 Å². The number of piperazine rings is 1. The lowest BCUT2D eigenvalue weighted by molar-refractivity contribution is -0.384. The summed E-state index contributed by atoms with van der Waals surface area (Å²) in [4.78, 5) is 76.2. The van der Waals surface area contributed by atoms with Gasteiger partial charge in [0.25, 0.3) is 27.5 Å². The van der Waals surface area contributed by atoms with Crippen LogP contribution in [0.4, 0.5) is 17.1 Å². The molecule has 85 heavy (non-hydrogen) atoms. The van der Waals surface area contributed by atoms with E-state index in [9.17, 15) is 37.7 Å². The van der Waals surface area contributed by atoms with E-state index in [1.54, 1.807) is 47.4 Å². The molecule has 4 N–H and O–H groups in total. The van der Waals surface area contributed by atoms with Crippen molar-refractivity contribution in [1.29, 1.82) is 0 Å². The summed E-state index contributed by atoms with van der Waals surface area (Å²) in [6, 6.07) is 24.5. The third kappa shape index (κ3) is 13.4. The first-order chi connectivity index (χ1) is 40.9. The van der Waals surface area contributed by atoms with Gasteiger partial charge in [0, 0.05) is 97.7 Å². The van der Waals surface area contributed by atoms with Gasteiger partial charge in [-0.2, -0.15) is 0 Å². The van der Waals surface area contributed by atoms with Crippen LogP contribution in [0.2, 0.25) is 5.02 Å². The molecule has 4 aromatic carbocycles. The number of hydrogen-bond donors (Lipinski definition) is 4. The maximum absolute atomic E-state index is 14.1. The number of nitrogens with zero attached hydrogens (tertiary/aromatic N) is 8. The monoisotopic (exact) mass is 1190 g/mol. The zero-order valence-corrected chi connectivity index (χ0v) is 48.3. The first-order valence-electron chi connectivity index (χ1n) is 27.9. The predicted molar refractivity (Wildman–Crippen MR) is 317 cm³/mol. The Bertz CT molecular complexity index is 3970. The van der Waals surface area contributed by atoms with Crippen molar-refractivity contribution in [2.45, 2.75) is 82.9 Å². The van der Waals surface area contributed by atoms with Crippen LogP contribution in [0.5, 0.6) is 11.5 Å². The van der Waals surface area contributed by atoms with Gasteiger partial charge in [-0.25, -0.2) is 22.8 Å². The predicted octanol–water partition coefficient (Wildman–Crippen LogP) is 8.24. The normalized spacial score (nSPS) is 17.1. The number of carbonyl (C=O) groups excluding carboxylic acids is 4. The van der Waals surface area contributed by atoms with Crippen LogP contribution in [-0.4, -0.2) is 124 Å². The van der Waals surface area contributed by atoms with Crippen molar-refractivity contribution < 1.29 is 42.0 Å². The van der Waals surface area contributed by atoms with Crippen LogP contribution in [0.15, 0.2) is 120 Å². The van der Waals surface area contributed by atoms with E-state index in [-0.39, 0.29) is 66.8 Å². The summed E-state index contributed by atoms with van der Waals surface area (Å²) in [5, 5.41) is 27.4. The van der Waals surface area contributed by atoms with E-state index >= 15 is 0 Å². The lowest BCUT2D eigenvalue weighted by atomic mass is 9.72. The van der Waals surface area contributed by atoms with Crippen molar-refractivity contribution in [3.63, 3.8) is 0 Å². The van der Waals surface area contributed by atoms with Crippen molar-refractivity contribution in [2.24, 2.45) is 5.41 Å². The standard InChI is InChI=1S/C61H61ClN12O10S/c1-61(2)21-19-42(50(33-61)40-9-11-43(62)12-10-40)36-70-23-25-71(26-24-70)45-13-15-49(55(31-45)84-46-30-41-20-22-63-57(41)65-35-46)58(76)68-85(81,82)47-14-16-52(54(32-47)74(79)80)64-34-44-37-72(69-67-44)27-29-83-28-4-3-6-39-7-5-8-48-51(39)38-73(60(48)78)53-17-18-56(75)66-59(53)77/h5,7-16,20,22,30-32,35,37,53,64H,4,17-19,21,23-29,33-34,36,38H2,1-2H3,(H,63,65)(H,68,76)(H,66,75,77). The Morgan fingerprint density at radius 1 is 0.976 bits per heavy atom. The lowest BCUT2D eigenvalue weighted by Crippen LogP contribution is -2.52. The Kier molecular flexibility index (Phi) is 16.8. The fourth-order valence-electron chi connectivity index (χ4n) is 11.2. The van der Waals surface area contributed by atoms with Crippen molar-refractivity contribution in [2.75, 3.05) is 56.2 Å². The number of hydrogen-bond acceptors (Lipinski definition) is 16. The number of piperidine rings is 1. The van der Waals surface area contributed by atoms with Gasteiger partial charge in [-0.15, -0.1) is 5.10 Å². The van der Waals surface area contributed by atoms with Gasteiger partial charge in [0.1, 0.15) is 34.6 Å². The van der Waals surface area contributed by atoms with Gasteiger partial charge in [-0.1, -0.05) is 66.3 Å². The molecule has 438 valence electrons. The third-order valence-corrected chi connectivity index (χ3v) is 17.3. The number of imide groups is 1. The molecule has 2 fully saturated rings. The highest BCUT2D eigenvalue weighted by Crippen LogP contribution is 2.44.